The smallest absolute Gasteiger partial charge is 0.397 e. The normalized spacial score (nSPS) is 12.7. The number of alkyl halides is 3. The van der Waals surface area contributed by atoms with Crippen LogP contribution in [0.1, 0.15) is 19.4 Å². The first kappa shape index (κ1) is 14.1. The van der Waals surface area contributed by atoms with Gasteiger partial charge in [-0.05, 0) is 25.5 Å². The van der Waals surface area contributed by atoms with Gasteiger partial charge in [0.2, 0.25) is 0 Å². The fraction of sp³-hybridized carbons (Fsp3) is 0.455. The molecule has 0 aliphatic rings. The minimum absolute atomic E-state index is 0.184. The van der Waals surface area contributed by atoms with E-state index in [1.165, 1.54) is 7.11 Å². The molecule has 96 valence electrons. The van der Waals surface area contributed by atoms with Gasteiger partial charge in [-0.15, -0.1) is 0 Å². The van der Waals surface area contributed by atoms with E-state index in [2.05, 4.69) is 4.74 Å². The molecule has 1 nitrogen and oxygen atoms in total. The minimum Gasteiger partial charge on any atom is -0.494 e. The Hall–Kier alpha value is -0.970. The standard InChI is InChI=1S/C11H11ClF4O/c1-10(2,11(14,15)16)6-4-5-7(17-3)9(13)8(6)12/h4-5H,1-3H3. The summed E-state index contributed by atoms with van der Waals surface area (Å²) in [6.45, 7) is 1.89. The Bertz CT molecular complexity index is 426. The summed E-state index contributed by atoms with van der Waals surface area (Å²) < 4.78 is 56.6. The predicted molar refractivity (Wildman–Crippen MR) is 57.0 cm³/mol. The molecule has 0 heterocycles. The summed E-state index contributed by atoms with van der Waals surface area (Å²) in [5.41, 5.74) is -2.54. The molecule has 6 heteroatoms. The molecule has 1 aromatic rings. The molecule has 1 rings (SSSR count). The van der Waals surface area contributed by atoms with Crippen molar-refractivity contribution in [3.8, 4) is 5.75 Å². The molecule has 0 radical (unpaired) electrons. The van der Waals surface area contributed by atoms with E-state index in [-0.39, 0.29) is 11.3 Å². The molecule has 0 amide bonds. The van der Waals surface area contributed by atoms with Crippen LogP contribution in [0.2, 0.25) is 5.02 Å². The highest BCUT2D eigenvalue weighted by Gasteiger charge is 2.49. The first-order chi connectivity index (χ1) is 7.63. The van der Waals surface area contributed by atoms with Gasteiger partial charge in [-0.25, -0.2) is 4.39 Å². The zero-order chi connectivity index (χ0) is 13.4. The molecule has 0 spiro atoms. The molecule has 0 aromatic heterocycles. The Morgan fingerprint density at radius 3 is 2.12 bits per heavy atom. The SMILES string of the molecule is COc1ccc(C(C)(C)C(F)(F)F)c(Cl)c1F. The van der Waals surface area contributed by atoms with Crippen molar-refractivity contribution in [1.29, 1.82) is 0 Å². The Kier molecular flexibility index (Phi) is 3.62. The maximum absolute atomic E-state index is 13.6. The van der Waals surface area contributed by atoms with Crippen molar-refractivity contribution in [3.63, 3.8) is 0 Å². The summed E-state index contributed by atoms with van der Waals surface area (Å²) in [7, 11) is 1.21. The summed E-state index contributed by atoms with van der Waals surface area (Å²) in [4.78, 5) is 0. The van der Waals surface area contributed by atoms with Crippen molar-refractivity contribution in [2.75, 3.05) is 7.11 Å². The lowest BCUT2D eigenvalue weighted by Crippen LogP contribution is -2.36. The van der Waals surface area contributed by atoms with Crippen molar-refractivity contribution in [3.05, 3.63) is 28.5 Å². The number of methoxy groups -OCH3 is 1. The number of benzene rings is 1. The average Bonchev–Trinajstić information content (AvgIpc) is 2.20. The molecule has 0 aliphatic carbocycles. The topological polar surface area (TPSA) is 9.23 Å². The third-order valence-electron chi connectivity index (χ3n) is 2.65. The van der Waals surface area contributed by atoms with E-state index in [1.54, 1.807) is 0 Å². The zero-order valence-electron chi connectivity index (χ0n) is 9.45. The number of ether oxygens (including phenoxy) is 1. The molecule has 1 aromatic carbocycles. The first-order valence-electron chi connectivity index (χ1n) is 4.72. The Morgan fingerprint density at radius 1 is 1.18 bits per heavy atom. The number of hydrogen-bond donors (Lipinski definition) is 0. The summed E-state index contributed by atoms with van der Waals surface area (Å²) in [5, 5.41) is -0.563. The molecule has 17 heavy (non-hydrogen) atoms. The summed E-state index contributed by atoms with van der Waals surface area (Å²) in [5.74, 6) is -1.17. The lowest BCUT2D eigenvalue weighted by molar-refractivity contribution is -0.180. The third kappa shape index (κ3) is 2.34. The van der Waals surface area contributed by atoms with Crippen LogP contribution in [0.15, 0.2) is 12.1 Å². The molecule has 0 saturated carbocycles. The highest BCUT2D eigenvalue weighted by atomic mass is 35.5. The van der Waals surface area contributed by atoms with Gasteiger partial charge in [0, 0.05) is 0 Å². The van der Waals surface area contributed by atoms with E-state index < -0.39 is 22.4 Å². The van der Waals surface area contributed by atoms with Gasteiger partial charge < -0.3 is 4.74 Å². The molecule has 0 atom stereocenters. The van der Waals surface area contributed by atoms with Crippen molar-refractivity contribution < 1.29 is 22.3 Å². The molecule has 0 fully saturated rings. The molecular weight excluding hydrogens is 260 g/mol. The van der Waals surface area contributed by atoms with Crippen LogP contribution in [0.4, 0.5) is 17.6 Å². The van der Waals surface area contributed by atoms with Gasteiger partial charge in [0.25, 0.3) is 0 Å². The summed E-state index contributed by atoms with van der Waals surface area (Å²) in [6, 6.07) is 2.25. The highest BCUT2D eigenvalue weighted by Crippen LogP contribution is 2.44. The fourth-order valence-corrected chi connectivity index (χ4v) is 1.72. The quantitative estimate of drug-likeness (QED) is 0.727. The van der Waals surface area contributed by atoms with Gasteiger partial charge in [0.15, 0.2) is 11.6 Å². The maximum Gasteiger partial charge on any atom is 0.397 e. The second-order valence-electron chi connectivity index (χ2n) is 4.07. The van der Waals surface area contributed by atoms with E-state index in [0.29, 0.717) is 0 Å². The molecule has 0 aliphatic heterocycles. The molecule has 0 unspecified atom stereocenters. The second kappa shape index (κ2) is 4.37. The zero-order valence-corrected chi connectivity index (χ0v) is 10.2. The van der Waals surface area contributed by atoms with Crippen molar-refractivity contribution in [2.45, 2.75) is 25.4 Å². The van der Waals surface area contributed by atoms with E-state index in [0.717, 1.165) is 26.0 Å². The number of hydrogen-bond acceptors (Lipinski definition) is 1. The van der Waals surface area contributed by atoms with E-state index in [4.69, 9.17) is 11.6 Å². The number of rotatable bonds is 2. The molecular formula is C11H11ClF4O. The maximum atomic E-state index is 13.6. The Labute approximate surface area is 101 Å². The molecule has 0 N–H and O–H groups in total. The first-order valence-corrected chi connectivity index (χ1v) is 5.10. The summed E-state index contributed by atoms with van der Waals surface area (Å²) in [6.07, 6.45) is -4.52. The summed E-state index contributed by atoms with van der Waals surface area (Å²) >= 11 is 5.61. The van der Waals surface area contributed by atoms with Gasteiger partial charge in [-0.2, -0.15) is 13.2 Å². The van der Waals surface area contributed by atoms with Gasteiger partial charge in [0.1, 0.15) is 0 Å². The average molecular weight is 271 g/mol. The lowest BCUT2D eigenvalue weighted by Gasteiger charge is -2.29. The predicted octanol–water partition coefficient (Wildman–Crippen LogP) is 4.33. The van der Waals surface area contributed by atoms with Gasteiger partial charge in [0.05, 0.1) is 17.5 Å². The van der Waals surface area contributed by atoms with Crippen LogP contribution in [0.25, 0.3) is 0 Å². The van der Waals surface area contributed by atoms with Gasteiger partial charge in [-0.3, -0.25) is 0 Å². The van der Waals surface area contributed by atoms with Crippen LogP contribution in [0.3, 0.4) is 0 Å². The van der Waals surface area contributed by atoms with Crippen LogP contribution < -0.4 is 4.74 Å². The fourth-order valence-electron chi connectivity index (χ4n) is 1.32. The van der Waals surface area contributed by atoms with Crippen molar-refractivity contribution >= 4 is 11.6 Å². The minimum atomic E-state index is -4.52. The lowest BCUT2D eigenvalue weighted by atomic mass is 9.84. The van der Waals surface area contributed by atoms with Crippen molar-refractivity contribution in [2.24, 2.45) is 0 Å². The largest absolute Gasteiger partial charge is 0.494 e. The van der Waals surface area contributed by atoms with Crippen LogP contribution in [0.5, 0.6) is 5.75 Å². The Balaban J connectivity index is 3.40. The van der Waals surface area contributed by atoms with Crippen molar-refractivity contribution in [1.82, 2.24) is 0 Å². The van der Waals surface area contributed by atoms with E-state index in [1.807, 2.05) is 0 Å². The van der Waals surface area contributed by atoms with Crippen LogP contribution in [-0.4, -0.2) is 13.3 Å². The third-order valence-corrected chi connectivity index (χ3v) is 3.02. The molecule has 0 bridgehead atoms. The van der Waals surface area contributed by atoms with E-state index >= 15 is 0 Å². The highest BCUT2D eigenvalue weighted by molar-refractivity contribution is 6.31. The monoisotopic (exact) mass is 270 g/mol. The Morgan fingerprint density at radius 2 is 1.71 bits per heavy atom. The van der Waals surface area contributed by atoms with Crippen LogP contribution in [0, 0.1) is 5.82 Å². The van der Waals surface area contributed by atoms with Crippen LogP contribution in [-0.2, 0) is 5.41 Å². The number of halogens is 5. The van der Waals surface area contributed by atoms with Gasteiger partial charge >= 0.3 is 6.18 Å². The van der Waals surface area contributed by atoms with Gasteiger partial charge in [-0.1, -0.05) is 17.7 Å². The molecule has 0 saturated heterocycles. The van der Waals surface area contributed by atoms with Crippen LogP contribution >= 0.6 is 11.6 Å². The second-order valence-corrected chi connectivity index (χ2v) is 4.44. The van der Waals surface area contributed by atoms with E-state index in [9.17, 15) is 17.6 Å².